The predicted octanol–water partition coefficient (Wildman–Crippen LogP) is 4.60. The van der Waals surface area contributed by atoms with E-state index in [1.807, 2.05) is 41.3 Å². The number of hydrogen-bond acceptors (Lipinski definition) is 4. The van der Waals surface area contributed by atoms with E-state index in [2.05, 4.69) is 47.6 Å². The number of hydrogen-bond donors (Lipinski definition) is 3. The van der Waals surface area contributed by atoms with Crippen LogP contribution in [-0.2, 0) is 11.3 Å². The van der Waals surface area contributed by atoms with E-state index in [9.17, 15) is 9.59 Å². The van der Waals surface area contributed by atoms with Crippen molar-refractivity contribution in [3.8, 4) is 0 Å². The summed E-state index contributed by atoms with van der Waals surface area (Å²) in [6.45, 7) is 4.55. The number of nitrogens with one attached hydrogen (secondary N) is 3. The first-order valence-corrected chi connectivity index (χ1v) is 12.6. The Kier molecular flexibility index (Phi) is 6.52. The molecule has 2 aliphatic rings. The third kappa shape index (κ3) is 4.91. The lowest BCUT2D eigenvalue weighted by molar-refractivity contribution is -0.121. The third-order valence-corrected chi connectivity index (χ3v) is 7.48. The molecule has 1 saturated carbocycles. The maximum Gasteiger partial charge on any atom is 0.254 e. The lowest BCUT2D eigenvalue weighted by Gasteiger charge is -2.34. The summed E-state index contributed by atoms with van der Waals surface area (Å²) in [7, 11) is 4.11. The highest BCUT2D eigenvalue weighted by atomic mass is 16.2. The summed E-state index contributed by atoms with van der Waals surface area (Å²) < 4.78 is 0. The quantitative estimate of drug-likeness (QED) is 0.468. The van der Waals surface area contributed by atoms with Crippen LogP contribution in [0.1, 0.15) is 47.2 Å². The van der Waals surface area contributed by atoms with Gasteiger partial charge in [-0.1, -0.05) is 18.2 Å². The fraction of sp³-hybridized carbons (Fsp3) is 0.429. The van der Waals surface area contributed by atoms with Gasteiger partial charge in [0, 0.05) is 53.7 Å². The molecule has 0 radical (unpaired) electrons. The number of nitrogens with zero attached hydrogens (tertiary/aromatic N) is 2. The molecule has 0 spiro atoms. The Morgan fingerprint density at radius 2 is 1.89 bits per heavy atom. The first-order valence-electron chi connectivity index (χ1n) is 12.6. The van der Waals surface area contributed by atoms with Crippen LogP contribution in [0.5, 0.6) is 0 Å². The van der Waals surface area contributed by atoms with Crippen molar-refractivity contribution < 1.29 is 9.59 Å². The summed E-state index contributed by atoms with van der Waals surface area (Å²) >= 11 is 0. The summed E-state index contributed by atoms with van der Waals surface area (Å²) in [5, 5.41) is 7.60. The Bertz CT molecular complexity index is 1210. The minimum Gasteiger partial charge on any atom is -0.384 e. The van der Waals surface area contributed by atoms with Crippen LogP contribution < -0.4 is 10.6 Å². The largest absolute Gasteiger partial charge is 0.384 e. The second kappa shape index (κ2) is 9.74. The number of amides is 2. The van der Waals surface area contributed by atoms with Gasteiger partial charge < -0.3 is 25.4 Å². The van der Waals surface area contributed by atoms with E-state index in [0.29, 0.717) is 6.54 Å². The number of anilines is 2. The molecule has 0 unspecified atom stereocenters. The summed E-state index contributed by atoms with van der Waals surface area (Å²) in [4.78, 5) is 33.7. The van der Waals surface area contributed by atoms with Gasteiger partial charge in [-0.15, -0.1) is 0 Å². The SMILES string of the molecule is Cc1cc(NCCN(C)C)cc2c1CN(C1CCC(C(=O)Nc3cc4ccccc4[nH]3)CC1)C2=O. The van der Waals surface area contributed by atoms with Gasteiger partial charge in [0.2, 0.25) is 5.91 Å². The second-order valence-electron chi connectivity index (χ2n) is 10.2. The summed E-state index contributed by atoms with van der Waals surface area (Å²) in [5.41, 5.74) is 5.17. The van der Waals surface area contributed by atoms with Gasteiger partial charge in [-0.3, -0.25) is 9.59 Å². The maximum atomic E-state index is 13.3. The average Bonchev–Trinajstić information content (AvgIpc) is 3.40. The molecule has 2 aromatic carbocycles. The normalized spacial score (nSPS) is 19.9. The molecular weight excluding hydrogens is 438 g/mol. The van der Waals surface area contributed by atoms with Crippen LogP contribution in [0.4, 0.5) is 11.5 Å². The smallest absolute Gasteiger partial charge is 0.254 e. The second-order valence-corrected chi connectivity index (χ2v) is 10.2. The Hall–Kier alpha value is -3.32. The number of aromatic amines is 1. The molecule has 1 fully saturated rings. The van der Waals surface area contributed by atoms with E-state index >= 15 is 0 Å². The molecule has 7 nitrogen and oxygen atoms in total. The zero-order valence-corrected chi connectivity index (χ0v) is 20.9. The predicted molar refractivity (Wildman–Crippen MR) is 141 cm³/mol. The number of aromatic nitrogens is 1. The Morgan fingerprint density at radius 1 is 1.11 bits per heavy atom. The molecule has 1 aliphatic heterocycles. The molecule has 7 heteroatoms. The van der Waals surface area contributed by atoms with Gasteiger partial charge in [0.25, 0.3) is 5.91 Å². The lowest BCUT2D eigenvalue weighted by atomic mass is 9.84. The molecule has 0 bridgehead atoms. The Morgan fingerprint density at radius 3 is 2.63 bits per heavy atom. The van der Waals surface area contributed by atoms with Crippen molar-refractivity contribution in [2.75, 3.05) is 37.8 Å². The monoisotopic (exact) mass is 473 g/mol. The van der Waals surface area contributed by atoms with Crippen LogP contribution in [-0.4, -0.2) is 59.8 Å². The first-order chi connectivity index (χ1) is 16.9. The highest BCUT2D eigenvalue weighted by Gasteiger charge is 2.37. The molecular formula is C28H35N5O2. The number of benzene rings is 2. The topological polar surface area (TPSA) is 80.5 Å². The van der Waals surface area contributed by atoms with Crippen LogP contribution in [0.2, 0.25) is 0 Å². The minimum absolute atomic E-state index is 0.0213. The number of para-hydroxylation sites is 1. The summed E-state index contributed by atoms with van der Waals surface area (Å²) in [6.07, 6.45) is 3.31. The van der Waals surface area contributed by atoms with Gasteiger partial charge in [0.05, 0.1) is 0 Å². The number of rotatable bonds is 7. The standard InChI is InChI=1S/C28H35N5O2/c1-18-14-21(29-12-13-32(2)3)16-23-24(18)17-33(28(23)35)22-10-8-19(9-11-22)27(34)31-26-15-20-6-4-5-7-25(20)30-26/h4-7,14-16,19,22,29-30H,8-13,17H2,1-3H3,(H,31,34). The molecule has 3 N–H and O–H groups in total. The molecule has 1 aromatic heterocycles. The number of carbonyl (C=O) groups excluding carboxylic acids is 2. The first kappa shape index (κ1) is 23.4. The van der Waals surface area contributed by atoms with Gasteiger partial charge in [-0.25, -0.2) is 0 Å². The van der Waals surface area contributed by atoms with Gasteiger partial charge in [-0.05, 0) is 82.1 Å². The fourth-order valence-electron chi connectivity index (χ4n) is 5.46. The van der Waals surface area contributed by atoms with Crippen LogP contribution in [0.3, 0.4) is 0 Å². The number of fused-ring (bicyclic) bond motifs is 2. The van der Waals surface area contributed by atoms with Crippen molar-refractivity contribution in [3.05, 3.63) is 59.2 Å². The molecule has 0 atom stereocenters. The molecule has 2 amide bonds. The van der Waals surface area contributed by atoms with Crippen molar-refractivity contribution in [3.63, 3.8) is 0 Å². The zero-order valence-electron chi connectivity index (χ0n) is 20.9. The summed E-state index contributed by atoms with van der Waals surface area (Å²) in [5.74, 6) is 0.918. The highest BCUT2D eigenvalue weighted by Crippen LogP contribution is 2.36. The van der Waals surface area contributed by atoms with E-state index < -0.39 is 0 Å². The van der Waals surface area contributed by atoms with E-state index in [0.717, 1.165) is 77.9 Å². The summed E-state index contributed by atoms with van der Waals surface area (Å²) in [6, 6.07) is 14.3. The number of H-pyrrole nitrogens is 1. The maximum absolute atomic E-state index is 13.3. The van der Waals surface area contributed by atoms with Crippen molar-refractivity contribution in [2.24, 2.45) is 5.92 Å². The zero-order chi connectivity index (χ0) is 24.5. The minimum atomic E-state index is -0.0213. The van der Waals surface area contributed by atoms with Gasteiger partial charge in [-0.2, -0.15) is 0 Å². The third-order valence-electron chi connectivity index (χ3n) is 7.48. The van der Waals surface area contributed by atoms with Gasteiger partial charge in [0.15, 0.2) is 0 Å². The van der Waals surface area contributed by atoms with Crippen molar-refractivity contribution >= 4 is 34.2 Å². The molecule has 35 heavy (non-hydrogen) atoms. The van der Waals surface area contributed by atoms with E-state index in [4.69, 9.17) is 0 Å². The fourth-order valence-corrected chi connectivity index (χ4v) is 5.46. The average molecular weight is 474 g/mol. The van der Waals surface area contributed by atoms with E-state index in [1.54, 1.807) is 0 Å². The molecule has 5 rings (SSSR count). The molecule has 2 heterocycles. The van der Waals surface area contributed by atoms with Crippen molar-refractivity contribution in [1.82, 2.24) is 14.8 Å². The van der Waals surface area contributed by atoms with Crippen LogP contribution in [0.25, 0.3) is 10.9 Å². The van der Waals surface area contributed by atoms with E-state index in [-0.39, 0.29) is 23.8 Å². The number of likely N-dealkylation sites (N-methyl/N-ethyl adjacent to an activating group) is 1. The number of aryl methyl sites for hydroxylation is 1. The van der Waals surface area contributed by atoms with Gasteiger partial charge >= 0.3 is 0 Å². The van der Waals surface area contributed by atoms with Crippen molar-refractivity contribution in [1.29, 1.82) is 0 Å². The molecule has 184 valence electrons. The van der Waals surface area contributed by atoms with Crippen LogP contribution in [0.15, 0.2) is 42.5 Å². The van der Waals surface area contributed by atoms with Crippen molar-refractivity contribution in [2.45, 2.75) is 45.2 Å². The molecule has 1 aliphatic carbocycles. The van der Waals surface area contributed by atoms with Crippen LogP contribution in [0, 0.1) is 12.8 Å². The Labute approximate surface area is 206 Å². The van der Waals surface area contributed by atoms with E-state index in [1.165, 1.54) is 0 Å². The van der Waals surface area contributed by atoms with Crippen LogP contribution >= 0.6 is 0 Å². The Balaban J connectivity index is 1.18. The van der Waals surface area contributed by atoms with Gasteiger partial charge in [0.1, 0.15) is 5.82 Å². The molecule has 0 saturated heterocycles. The lowest BCUT2D eigenvalue weighted by Crippen LogP contribution is -2.40. The number of carbonyl (C=O) groups is 2. The highest BCUT2D eigenvalue weighted by molar-refractivity contribution is 6.00. The molecule has 3 aromatic rings.